The van der Waals surface area contributed by atoms with E-state index in [2.05, 4.69) is 10.6 Å². The van der Waals surface area contributed by atoms with Gasteiger partial charge in [-0.25, -0.2) is 0 Å². The molecule has 1 aliphatic heterocycles. The molecule has 1 rings (SSSR count). The van der Waals surface area contributed by atoms with E-state index >= 15 is 0 Å². The predicted molar refractivity (Wildman–Crippen MR) is 52.5 cm³/mol. The summed E-state index contributed by atoms with van der Waals surface area (Å²) in [5.41, 5.74) is 0. The fraction of sp³-hybridized carbons (Fsp3) is 0.778. The molecule has 1 heterocycles. The molecule has 0 radical (unpaired) electrons. The molecule has 6 nitrogen and oxygen atoms in total. The van der Waals surface area contributed by atoms with E-state index < -0.39 is 12.0 Å². The Balaban J connectivity index is 2.25. The number of aliphatic carboxylic acids is 1. The lowest BCUT2D eigenvalue weighted by Crippen LogP contribution is -2.46. The molecular formula is C9H16N2O4. The maximum atomic E-state index is 11.4. The standard InChI is InChI=1S/C9H16N2O4/c1-6(9(13)14)11-8(12)4-7-5-15-3-2-10-7/h6-7,10H,2-5H2,1H3,(H,11,12)(H,13,14). The smallest absolute Gasteiger partial charge is 0.325 e. The molecule has 0 bridgehead atoms. The zero-order valence-corrected chi connectivity index (χ0v) is 8.66. The molecule has 0 aromatic heterocycles. The highest BCUT2D eigenvalue weighted by atomic mass is 16.5. The Bertz CT molecular complexity index is 238. The largest absolute Gasteiger partial charge is 0.480 e. The summed E-state index contributed by atoms with van der Waals surface area (Å²) in [6.45, 7) is 3.32. The number of ether oxygens (including phenoxy) is 1. The van der Waals surface area contributed by atoms with Crippen LogP contribution in [0.2, 0.25) is 0 Å². The van der Waals surface area contributed by atoms with Crippen molar-refractivity contribution >= 4 is 11.9 Å². The topological polar surface area (TPSA) is 87.7 Å². The summed E-state index contributed by atoms with van der Waals surface area (Å²) in [4.78, 5) is 21.8. The monoisotopic (exact) mass is 216 g/mol. The highest BCUT2D eigenvalue weighted by Crippen LogP contribution is 1.98. The van der Waals surface area contributed by atoms with Gasteiger partial charge in [-0.2, -0.15) is 0 Å². The second-order valence-electron chi connectivity index (χ2n) is 3.56. The highest BCUT2D eigenvalue weighted by Gasteiger charge is 2.19. The maximum absolute atomic E-state index is 11.4. The van der Waals surface area contributed by atoms with Crippen molar-refractivity contribution < 1.29 is 19.4 Å². The first kappa shape index (κ1) is 11.9. The van der Waals surface area contributed by atoms with Crippen LogP contribution >= 0.6 is 0 Å². The van der Waals surface area contributed by atoms with E-state index in [1.54, 1.807) is 0 Å². The van der Waals surface area contributed by atoms with Gasteiger partial charge in [-0.3, -0.25) is 9.59 Å². The molecular weight excluding hydrogens is 200 g/mol. The van der Waals surface area contributed by atoms with Crippen molar-refractivity contribution in [2.75, 3.05) is 19.8 Å². The molecule has 0 aromatic rings. The third-order valence-corrected chi connectivity index (χ3v) is 2.18. The van der Waals surface area contributed by atoms with Gasteiger partial charge >= 0.3 is 5.97 Å². The first-order valence-corrected chi connectivity index (χ1v) is 4.93. The molecule has 0 spiro atoms. The molecule has 6 heteroatoms. The van der Waals surface area contributed by atoms with Gasteiger partial charge in [0.25, 0.3) is 0 Å². The van der Waals surface area contributed by atoms with Gasteiger partial charge in [-0.15, -0.1) is 0 Å². The van der Waals surface area contributed by atoms with Crippen LogP contribution < -0.4 is 10.6 Å². The number of amides is 1. The number of rotatable bonds is 4. The van der Waals surface area contributed by atoms with Crippen LogP contribution in [0.25, 0.3) is 0 Å². The minimum absolute atomic E-state index is 0.0141. The Kier molecular flexibility index (Phi) is 4.51. The molecule has 2 unspecified atom stereocenters. The van der Waals surface area contributed by atoms with Crippen LogP contribution in [-0.4, -0.2) is 48.8 Å². The van der Waals surface area contributed by atoms with Crippen molar-refractivity contribution in [1.29, 1.82) is 0 Å². The Morgan fingerprint density at radius 3 is 2.93 bits per heavy atom. The molecule has 1 amide bonds. The van der Waals surface area contributed by atoms with Crippen molar-refractivity contribution in [3.05, 3.63) is 0 Å². The summed E-state index contributed by atoms with van der Waals surface area (Å²) in [7, 11) is 0. The SMILES string of the molecule is CC(NC(=O)CC1COCCN1)C(=O)O. The first-order valence-electron chi connectivity index (χ1n) is 4.93. The fourth-order valence-corrected chi connectivity index (χ4v) is 1.34. The molecule has 86 valence electrons. The summed E-state index contributed by atoms with van der Waals surface area (Å²) >= 11 is 0. The second kappa shape index (κ2) is 5.67. The average molecular weight is 216 g/mol. The van der Waals surface area contributed by atoms with E-state index in [1.165, 1.54) is 6.92 Å². The number of carboxylic acid groups (broad SMARTS) is 1. The molecule has 2 atom stereocenters. The summed E-state index contributed by atoms with van der Waals surface area (Å²) in [5, 5.41) is 14.1. The Morgan fingerprint density at radius 2 is 2.40 bits per heavy atom. The third-order valence-electron chi connectivity index (χ3n) is 2.18. The van der Waals surface area contributed by atoms with Gasteiger partial charge in [-0.05, 0) is 6.92 Å². The van der Waals surface area contributed by atoms with Crippen LogP contribution in [0.3, 0.4) is 0 Å². The Labute approximate surface area is 88.0 Å². The van der Waals surface area contributed by atoms with Crippen LogP contribution in [0.1, 0.15) is 13.3 Å². The van der Waals surface area contributed by atoms with E-state index in [4.69, 9.17) is 9.84 Å². The minimum atomic E-state index is -1.03. The lowest BCUT2D eigenvalue weighted by Gasteiger charge is -2.23. The summed E-state index contributed by atoms with van der Waals surface area (Å²) in [5.74, 6) is -1.30. The lowest BCUT2D eigenvalue weighted by atomic mass is 10.2. The zero-order chi connectivity index (χ0) is 11.3. The van der Waals surface area contributed by atoms with Crippen molar-refractivity contribution in [3.8, 4) is 0 Å². The molecule has 1 aliphatic rings. The number of carbonyl (C=O) groups excluding carboxylic acids is 1. The molecule has 0 saturated carbocycles. The highest BCUT2D eigenvalue weighted by molar-refractivity contribution is 5.83. The summed E-state index contributed by atoms with van der Waals surface area (Å²) in [6, 6.07) is -0.859. The zero-order valence-electron chi connectivity index (χ0n) is 8.66. The predicted octanol–water partition coefficient (Wildman–Crippen LogP) is -1.05. The van der Waals surface area contributed by atoms with Gasteiger partial charge in [0, 0.05) is 19.0 Å². The normalized spacial score (nSPS) is 23.1. The minimum Gasteiger partial charge on any atom is -0.480 e. The number of hydrogen-bond donors (Lipinski definition) is 3. The quantitative estimate of drug-likeness (QED) is 0.558. The van der Waals surface area contributed by atoms with Crippen molar-refractivity contribution in [2.24, 2.45) is 0 Å². The van der Waals surface area contributed by atoms with Gasteiger partial charge in [0.05, 0.1) is 13.2 Å². The number of carboxylic acids is 1. The van der Waals surface area contributed by atoms with Gasteiger partial charge in [0.1, 0.15) is 6.04 Å². The summed E-state index contributed by atoms with van der Waals surface area (Å²) < 4.78 is 5.18. The number of morpholine rings is 1. The van der Waals surface area contributed by atoms with Crippen molar-refractivity contribution in [3.63, 3.8) is 0 Å². The van der Waals surface area contributed by atoms with Crippen LogP contribution in [0.15, 0.2) is 0 Å². The fourth-order valence-electron chi connectivity index (χ4n) is 1.34. The first-order chi connectivity index (χ1) is 7.09. The average Bonchev–Trinajstić information content (AvgIpc) is 2.18. The number of hydrogen-bond acceptors (Lipinski definition) is 4. The Morgan fingerprint density at radius 1 is 1.67 bits per heavy atom. The Hall–Kier alpha value is -1.14. The van der Waals surface area contributed by atoms with E-state index in [9.17, 15) is 9.59 Å². The van der Waals surface area contributed by atoms with E-state index in [0.29, 0.717) is 13.2 Å². The molecule has 15 heavy (non-hydrogen) atoms. The summed E-state index contributed by atoms with van der Waals surface area (Å²) in [6.07, 6.45) is 0.248. The third kappa shape index (κ3) is 4.26. The maximum Gasteiger partial charge on any atom is 0.325 e. The van der Waals surface area contributed by atoms with Crippen LogP contribution in [0, 0.1) is 0 Å². The van der Waals surface area contributed by atoms with Crippen molar-refractivity contribution in [2.45, 2.75) is 25.4 Å². The van der Waals surface area contributed by atoms with Gasteiger partial charge in [0.2, 0.25) is 5.91 Å². The van der Waals surface area contributed by atoms with Gasteiger partial charge in [0.15, 0.2) is 0 Å². The molecule has 1 saturated heterocycles. The molecule has 0 aliphatic carbocycles. The van der Waals surface area contributed by atoms with Gasteiger partial charge in [-0.1, -0.05) is 0 Å². The van der Waals surface area contributed by atoms with E-state index in [1.807, 2.05) is 0 Å². The molecule has 3 N–H and O–H groups in total. The molecule has 0 aromatic carbocycles. The van der Waals surface area contributed by atoms with Crippen molar-refractivity contribution in [1.82, 2.24) is 10.6 Å². The van der Waals surface area contributed by atoms with Crippen LogP contribution in [0.4, 0.5) is 0 Å². The van der Waals surface area contributed by atoms with Crippen LogP contribution in [0.5, 0.6) is 0 Å². The van der Waals surface area contributed by atoms with Crippen LogP contribution in [-0.2, 0) is 14.3 Å². The molecule has 1 fully saturated rings. The lowest BCUT2D eigenvalue weighted by molar-refractivity contribution is -0.141. The van der Waals surface area contributed by atoms with E-state index in [0.717, 1.165) is 6.54 Å². The van der Waals surface area contributed by atoms with E-state index in [-0.39, 0.29) is 18.4 Å². The van der Waals surface area contributed by atoms with Gasteiger partial charge < -0.3 is 20.5 Å². The number of nitrogens with one attached hydrogen (secondary N) is 2. The number of carbonyl (C=O) groups is 2. The second-order valence-corrected chi connectivity index (χ2v) is 3.56.